The molecule has 0 radical (unpaired) electrons. The Balaban J connectivity index is 2.27. The van der Waals surface area contributed by atoms with Gasteiger partial charge in [-0.1, -0.05) is 33.1 Å². The molecule has 0 spiro atoms. The number of unbranched alkanes of at least 4 members (excludes halogenated alkanes) is 1. The van der Waals surface area contributed by atoms with Crippen molar-refractivity contribution in [3.63, 3.8) is 0 Å². The summed E-state index contributed by atoms with van der Waals surface area (Å²) < 4.78 is 0. The second-order valence-corrected chi connectivity index (χ2v) is 4.93. The highest BCUT2D eigenvalue weighted by Gasteiger charge is 2.21. The highest BCUT2D eigenvalue weighted by molar-refractivity contribution is 4.81. The third kappa shape index (κ3) is 4.52. The van der Waals surface area contributed by atoms with E-state index in [4.69, 9.17) is 0 Å². The van der Waals surface area contributed by atoms with Crippen LogP contribution in [0, 0.1) is 0 Å². The lowest BCUT2D eigenvalue weighted by molar-refractivity contribution is 0.141. The molecule has 2 atom stereocenters. The molecule has 1 aliphatic rings. The molecule has 0 amide bonds. The Kier molecular flexibility index (Phi) is 6.26. The lowest BCUT2D eigenvalue weighted by Crippen LogP contribution is -2.53. The maximum absolute atomic E-state index is 3.62. The topological polar surface area (TPSA) is 15.3 Å². The summed E-state index contributed by atoms with van der Waals surface area (Å²) in [5, 5.41) is 3.62. The molecule has 0 aromatic rings. The van der Waals surface area contributed by atoms with Crippen LogP contribution in [0.5, 0.6) is 0 Å². The normalized spacial score (nSPS) is 25.4. The molecule has 15 heavy (non-hydrogen) atoms. The Morgan fingerprint density at radius 1 is 1.33 bits per heavy atom. The maximum Gasteiger partial charge on any atom is 0.0195 e. The molecule has 1 saturated heterocycles. The smallest absolute Gasteiger partial charge is 0.0195 e. The van der Waals surface area contributed by atoms with Crippen molar-refractivity contribution in [2.45, 2.75) is 65.0 Å². The minimum Gasteiger partial charge on any atom is -0.311 e. The summed E-state index contributed by atoms with van der Waals surface area (Å²) in [6.07, 6.45) is 6.71. The monoisotopic (exact) mass is 212 g/mol. The lowest BCUT2D eigenvalue weighted by atomic mass is 10.1. The van der Waals surface area contributed by atoms with Crippen molar-refractivity contribution in [3.8, 4) is 0 Å². The van der Waals surface area contributed by atoms with Gasteiger partial charge in [-0.05, 0) is 19.8 Å². The van der Waals surface area contributed by atoms with Crippen molar-refractivity contribution in [2.75, 3.05) is 19.6 Å². The van der Waals surface area contributed by atoms with Gasteiger partial charge in [0.25, 0.3) is 0 Å². The third-order valence-corrected chi connectivity index (χ3v) is 3.52. The maximum atomic E-state index is 3.62. The van der Waals surface area contributed by atoms with Crippen molar-refractivity contribution < 1.29 is 0 Å². The Hall–Kier alpha value is -0.0800. The molecule has 0 aromatic carbocycles. The van der Waals surface area contributed by atoms with E-state index in [2.05, 4.69) is 31.0 Å². The van der Waals surface area contributed by atoms with Crippen LogP contribution in [-0.4, -0.2) is 36.6 Å². The minimum absolute atomic E-state index is 0.743. The molecule has 2 unspecified atom stereocenters. The van der Waals surface area contributed by atoms with Crippen molar-refractivity contribution in [3.05, 3.63) is 0 Å². The molecule has 1 rings (SSSR count). The summed E-state index contributed by atoms with van der Waals surface area (Å²) >= 11 is 0. The quantitative estimate of drug-likeness (QED) is 0.728. The van der Waals surface area contributed by atoms with E-state index in [-0.39, 0.29) is 0 Å². The average Bonchev–Trinajstić information content (AvgIpc) is 2.27. The molecule has 1 aliphatic heterocycles. The zero-order valence-electron chi connectivity index (χ0n) is 10.8. The minimum atomic E-state index is 0.743. The molecule has 90 valence electrons. The van der Waals surface area contributed by atoms with E-state index in [1.807, 2.05) is 0 Å². The van der Waals surface area contributed by atoms with Crippen LogP contribution >= 0.6 is 0 Å². The Labute approximate surface area is 95.4 Å². The van der Waals surface area contributed by atoms with Gasteiger partial charge in [-0.25, -0.2) is 0 Å². The van der Waals surface area contributed by atoms with Gasteiger partial charge in [0.05, 0.1) is 0 Å². The molecule has 0 aliphatic carbocycles. The van der Waals surface area contributed by atoms with E-state index in [1.165, 1.54) is 51.7 Å². The van der Waals surface area contributed by atoms with Gasteiger partial charge in [0.1, 0.15) is 0 Å². The summed E-state index contributed by atoms with van der Waals surface area (Å²) in [6.45, 7) is 10.6. The van der Waals surface area contributed by atoms with Crippen LogP contribution in [-0.2, 0) is 0 Å². The predicted octanol–water partition coefficient (Wildman–Crippen LogP) is 2.64. The van der Waals surface area contributed by atoms with E-state index in [0.29, 0.717) is 0 Å². The molecular formula is C13H28N2. The van der Waals surface area contributed by atoms with Gasteiger partial charge in [0.2, 0.25) is 0 Å². The molecule has 2 nitrogen and oxygen atoms in total. The number of hydrogen-bond acceptors (Lipinski definition) is 2. The van der Waals surface area contributed by atoms with Crippen LogP contribution in [0.2, 0.25) is 0 Å². The second-order valence-electron chi connectivity index (χ2n) is 4.93. The van der Waals surface area contributed by atoms with Gasteiger partial charge in [-0.3, -0.25) is 4.90 Å². The van der Waals surface area contributed by atoms with Crippen molar-refractivity contribution >= 4 is 0 Å². The average molecular weight is 212 g/mol. The summed E-state index contributed by atoms with van der Waals surface area (Å²) in [7, 11) is 0. The number of nitrogens with one attached hydrogen (secondary N) is 1. The van der Waals surface area contributed by atoms with Crippen LogP contribution in [0.3, 0.4) is 0 Å². The third-order valence-electron chi connectivity index (χ3n) is 3.52. The van der Waals surface area contributed by atoms with Gasteiger partial charge in [0.15, 0.2) is 0 Å². The fourth-order valence-corrected chi connectivity index (χ4v) is 2.48. The highest BCUT2D eigenvalue weighted by Crippen LogP contribution is 2.12. The van der Waals surface area contributed by atoms with Crippen LogP contribution < -0.4 is 5.32 Å². The summed E-state index contributed by atoms with van der Waals surface area (Å²) in [5.74, 6) is 0. The van der Waals surface area contributed by atoms with Crippen molar-refractivity contribution in [2.24, 2.45) is 0 Å². The van der Waals surface area contributed by atoms with Gasteiger partial charge in [-0.2, -0.15) is 0 Å². The standard InChI is InChI=1S/C13H28N2/c1-4-6-8-12(3)15-10-9-14-13(11-15)7-5-2/h12-14H,4-11H2,1-3H3. The van der Waals surface area contributed by atoms with Crippen LogP contribution in [0.4, 0.5) is 0 Å². The Morgan fingerprint density at radius 3 is 2.80 bits per heavy atom. The SMILES string of the molecule is CCCCC(C)N1CCNC(CCC)C1. The summed E-state index contributed by atoms with van der Waals surface area (Å²) in [6, 6.07) is 1.53. The lowest BCUT2D eigenvalue weighted by Gasteiger charge is -2.37. The Bertz CT molecular complexity index is 157. The molecule has 0 saturated carbocycles. The van der Waals surface area contributed by atoms with Gasteiger partial charge in [-0.15, -0.1) is 0 Å². The van der Waals surface area contributed by atoms with Crippen LogP contribution in [0.25, 0.3) is 0 Å². The molecule has 0 bridgehead atoms. The fourth-order valence-electron chi connectivity index (χ4n) is 2.48. The first-order valence-corrected chi connectivity index (χ1v) is 6.75. The van der Waals surface area contributed by atoms with E-state index in [9.17, 15) is 0 Å². The molecule has 0 aromatic heterocycles. The van der Waals surface area contributed by atoms with E-state index < -0.39 is 0 Å². The predicted molar refractivity (Wildman–Crippen MR) is 67.3 cm³/mol. The van der Waals surface area contributed by atoms with Gasteiger partial charge >= 0.3 is 0 Å². The fraction of sp³-hybridized carbons (Fsp3) is 1.00. The first kappa shape index (κ1) is 13.0. The van der Waals surface area contributed by atoms with Crippen molar-refractivity contribution in [1.82, 2.24) is 10.2 Å². The molecule has 1 fully saturated rings. The summed E-state index contributed by atoms with van der Waals surface area (Å²) in [5.41, 5.74) is 0. The highest BCUT2D eigenvalue weighted by atomic mass is 15.2. The zero-order valence-corrected chi connectivity index (χ0v) is 10.8. The number of rotatable bonds is 6. The molecule has 1 N–H and O–H groups in total. The zero-order chi connectivity index (χ0) is 11.1. The van der Waals surface area contributed by atoms with E-state index in [0.717, 1.165) is 12.1 Å². The first-order chi connectivity index (χ1) is 7.27. The molecular weight excluding hydrogens is 184 g/mol. The van der Waals surface area contributed by atoms with E-state index >= 15 is 0 Å². The molecule has 2 heteroatoms. The number of hydrogen-bond donors (Lipinski definition) is 1. The van der Waals surface area contributed by atoms with Crippen molar-refractivity contribution in [1.29, 1.82) is 0 Å². The first-order valence-electron chi connectivity index (χ1n) is 6.75. The van der Waals surface area contributed by atoms with E-state index in [1.54, 1.807) is 0 Å². The van der Waals surface area contributed by atoms with Gasteiger partial charge in [0, 0.05) is 31.7 Å². The molecule has 1 heterocycles. The number of piperazine rings is 1. The Morgan fingerprint density at radius 2 is 2.13 bits per heavy atom. The van der Waals surface area contributed by atoms with Gasteiger partial charge < -0.3 is 5.32 Å². The van der Waals surface area contributed by atoms with Crippen LogP contribution in [0.15, 0.2) is 0 Å². The van der Waals surface area contributed by atoms with Crippen LogP contribution in [0.1, 0.15) is 52.9 Å². The largest absolute Gasteiger partial charge is 0.311 e. The second kappa shape index (κ2) is 7.24. The number of nitrogens with zero attached hydrogens (tertiary/aromatic N) is 1. The summed E-state index contributed by atoms with van der Waals surface area (Å²) in [4.78, 5) is 2.67.